The number of ether oxygens (including phenoxy) is 2. The quantitative estimate of drug-likeness (QED) is 0.0339. The molecular formula is C126H76F12N4O3. The SMILES string of the molecule is C=Cc1ccc(Oc2ccc(C3(c4c(F)cc(F)c(F)c4F)c4ccccc4-c4ccc(N(c5ccc(F)cc5)c5ccc(-c6ccc(N(c7ccc(F)cc7)c7ccc8c(c7)oc7cc(N(c9ccc(F)cc9)c9ccc(-c%10ccc(N(c%11ccc(F)cc%11)c%11ccc%12c(c%11)C(c%11ccc(Oc%13ccc(C=C)cc%13)cc%11)(c%11c(F)cc(F)c(F)c%11F)c%11ccccc%11-%12)cc%10)cc9)ccc78)cc6)cc5)cc43)cc2)cc1. The number of anilines is 12. The lowest BCUT2D eigenvalue weighted by molar-refractivity contribution is 0.416. The molecule has 0 bridgehead atoms. The van der Waals surface area contributed by atoms with E-state index in [2.05, 4.69) is 13.2 Å². The van der Waals surface area contributed by atoms with Gasteiger partial charge in [-0.1, -0.05) is 183 Å². The van der Waals surface area contributed by atoms with Gasteiger partial charge >= 0.3 is 0 Å². The van der Waals surface area contributed by atoms with E-state index in [-0.39, 0.29) is 0 Å². The Labute approximate surface area is 825 Å². The molecule has 7 nitrogen and oxygen atoms in total. The number of hydrogen-bond donors (Lipinski definition) is 0. The van der Waals surface area contributed by atoms with Crippen molar-refractivity contribution in [1.29, 1.82) is 0 Å². The van der Waals surface area contributed by atoms with Crippen LogP contribution in [0.1, 0.15) is 55.6 Å². The zero-order valence-electron chi connectivity index (χ0n) is 76.5. The Morgan fingerprint density at radius 1 is 0.221 bits per heavy atom. The molecule has 2 aliphatic carbocycles. The predicted molar refractivity (Wildman–Crippen MR) is 551 cm³/mol. The Kier molecular flexibility index (Phi) is 22.9. The molecule has 0 fully saturated rings. The largest absolute Gasteiger partial charge is 0.457 e. The molecule has 0 radical (unpaired) electrons. The van der Waals surface area contributed by atoms with Crippen LogP contribution in [0.3, 0.4) is 0 Å². The van der Waals surface area contributed by atoms with Gasteiger partial charge in [-0.25, -0.2) is 52.7 Å². The van der Waals surface area contributed by atoms with Crippen LogP contribution in [0.5, 0.6) is 23.0 Å². The normalized spacial score (nSPS) is 13.8. The Hall–Kier alpha value is -18.4. The summed E-state index contributed by atoms with van der Waals surface area (Å²) in [5.74, 6) is -13.2. The van der Waals surface area contributed by atoms with Gasteiger partial charge in [-0.2, -0.15) is 0 Å². The van der Waals surface area contributed by atoms with Gasteiger partial charge in [0.2, 0.25) is 0 Å². The van der Waals surface area contributed by atoms with Gasteiger partial charge in [0.05, 0.1) is 10.8 Å². The third-order valence-electron chi connectivity index (χ3n) is 27.3. The lowest BCUT2D eigenvalue weighted by Gasteiger charge is -2.35. The number of halogens is 12. The molecular weight excluding hydrogens is 1850 g/mol. The molecule has 0 aliphatic heterocycles. The van der Waals surface area contributed by atoms with Crippen molar-refractivity contribution in [3.63, 3.8) is 0 Å². The highest BCUT2D eigenvalue weighted by molar-refractivity contribution is 6.08. The van der Waals surface area contributed by atoms with E-state index in [0.29, 0.717) is 170 Å². The molecule has 2 aliphatic rings. The Morgan fingerprint density at radius 3 is 0.759 bits per heavy atom. The van der Waals surface area contributed by atoms with Gasteiger partial charge in [0, 0.05) is 114 Å². The molecule has 0 amide bonds. The number of hydrogen-bond acceptors (Lipinski definition) is 7. The van der Waals surface area contributed by atoms with Crippen LogP contribution >= 0.6 is 0 Å². The van der Waals surface area contributed by atoms with Gasteiger partial charge < -0.3 is 33.5 Å². The fourth-order valence-corrected chi connectivity index (χ4v) is 20.6. The number of nitrogens with zero attached hydrogens (tertiary/aromatic N) is 4. The zero-order chi connectivity index (χ0) is 99.2. The average Bonchev–Trinajstić information content (AvgIpc) is 1.56. The highest BCUT2D eigenvalue weighted by Crippen LogP contribution is 2.62. The minimum Gasteiger partial charge on any atom is -0.457 e. The van der Waals surface area contributed by atoms with E-state index in [1.54, 1.807) is 182 Å². The maximum Gasteiger partial charge on any atom is 0.194 e. The Balaban J connectivity index is 0.544. The van der Waals surface area contributed by atoms with Gasteiger partial charge in [0.1, 0.15) is 69.1 Å². The highest BCUT2D eigenvalue weighted by atomic mass is 19.2. The predicted octanol–water partition coefficient (Wildman–Crippen LogP) is 36.1. The van der Waals surface area contributed by atoms with Crippen molar-refractivity contribution in [2.75, 3.05) is 19.6 Å². The molecule has 19 heteroatoms. The second-order valence-corrected chi connectivity index (χ2v) is 35.4. The highest BCUT2D eigenvalue weighted by Gasteiger charge is 2.53. The molecule has 0 saturated carbocycles. The molecule has 2 unspecified atom stereocenters. The Morgan fingerprint density at radius 2 is 0.469 bits per heavy atom. The summed E-state index contributed by atoms with van der Waals surface area (Å²) in [6, 6.07) is 120. The average molecular weight is 1920 g/mol. The van der Waals surface area contributed by atoms with E-state index in [9.17, 15) is 8.78 Å². The third-order valence-corrected chi connectivity index (χ3v) is 27.3. The van der Waals surface area contributed by atoms with Gasteiger partial charge in [-0.3, -0.25) is 0 Å². The maximum atomic E-state index is 17.2. The molecule has 1 heterocycles. The van der Waals surface area contributed by atoms with Gasteiger partial charge in [-0.15, -0.1) is 0 Å². The van der Waals surface area contributed by atoms with E-state index in [4.69, 9.17) is 13.9 Å². The van der Waals surface area contributed by atoms with Crippen LogP contribution in [-0.2, 0) is 10.8 Å². The first-order valence-electron chi connectivity index (χ1n) is 46.4. The monoisotopic (exact) mass is 1920 g/mol. The molecule has 702 valence electrons. The number of fused-ring (bicyclic) bond motifs is 9. The second-order valence-electron chi connectivity index (χ2n) is 35.4. The van der Waals surface area contributed by atoms with Crippen LogP contribution in [0, 0.1) is 69.8 Å². The summed E-state index contributed by atoms with van der Waals surface area (Å²) < 4.78 is 211. The molecule has 0 saturated heterocycles. The number of rotatable bonds is 24. The molecule has 23 rings (SSSR count). The molecule has 2 atom stereocenters. The first kappa shape index (κ1) is 90.5. The summed E-state index contributed by atoms with van der Waals surface area (Å²) >= 11 is 0. The zero-order valence-corrected chi connectivity index (χ0v) is 76.5. The number of furan rings is 1. The van der Waals surface area contributed by atoms with Crippen LogP contribution < -0.4 is 29.1 Å². The van der Waals surface area contributed by atoms with Crippen LogP contribution in [0.25, 0.3) is 78.6 Å². The van der Waals surface area contributed by atoms with Crippen molar-refractivity contribution in [2.45, 2.75) is 10.8 Å². The van der Waals surface area contributed by atoms with E-state index in [0.717, 1.165) is 44.2 Å². The van der Waals surface area contributed by atoms with Crippen molar-refractivity contribution in [3.8, 4) is 67.5 Å². The summed E-state index contributed by atoms with van der Waals surface area (Å²) in [5.41, 5.74) is 12.3. The summed E-state index contributed by atoms with van der Waals surface area (Å²) in [7, 11) is 0. The lowest BCUT2D eigenvalue weighted by Crippen LogP contribution is -2.32. The van der Waals surface area contributed by atoms with Crippen LogP contribution in [0.2, 0.25) is 0 Å². The third kappa shape index (κ3) is 15.9. The minimum atomic E-state index is -1.95. The first-order chi connectivity index (χ1) is 70.6. The molecule has 145 heavy (non-hydrogen) atoms. The van der Waals surface area contributed by atoms with Crippen LogP contribution in [0.4, 0.5) is 121 Å². The smallest absolute Gasteiger partial charge is 0.194 e. The molecule has 21 aromatic rings. The molecule has 20 aromatic carbocycles. The van der Waals surface area contributed by atoms with Crippen molar-refractivity contribution in [1.82, 2.24) is 0 Å². The van der Waals surface area contributed by atoms with E-state index < -0.39 is 91.8 Å². The standard InChI is InChI=1S/C126H76F12N4O3/c1-3-75-13-57-99(58-14-75)143-101-61-25-81(26-62-101)125(119-113(131)73-115(133)121(135)123(119)137)109-11-7-5-9-103(109)105-65-53-95(69-111(105)125)139(91-45-29-83(127)30-46-91)87-37-17-77(18-38-87)79-21-41-89(42-22-79)141(93-49-33-85(129)34-50-93)97-55-67-107-108-68-56-98(72-118(108)145-117(107)71-97)142(94-51-35-86(130)36-52-94)90-43-23-80(24-44-90)78-19-39-88(40-20-78)140(92-47-31-84(128)32-48-92)96-54-66-106-104-10-6-8-12-110(104)126(112(106)70-96,120-114(132)74-116(134)122(136)124(120)138)82-27-63-102(64-28-82)144-100-59-15-76(4-2)16-60-100/h3-74H,1-2H2. The first-order valence-corrected chi connectivity index (χ1v) is 46.4. The van der Waals surface area contributed by atoms with Crippen LogP contribution in [0.15, 0.2) is 442 Å². The molecule has 1 aromatic heterocycles. The van der Waals surface area contributed by atoms with Gasteiger partial charge in [0.15, 0.2) is 34.9 Å². The summed E-state index contributed by atoms with van der Waals surface area (Å²) in [4.78, 5) is 7.70. The molecule has 0 spiro atoms. The van der Waals surface area contributed by atoms with Gasteiger partial charge in [0.25, 0.3) is 0 Å². The van der Waals surface area contributed by atoms with Gasteiger partial charge in [-0.05, 0) is 332 Å². The topological polar surface area (TPSA) is 44.6 Å². The Bertz CT molecular complexity index is 8140. The molecule has 0 N–H and O–H groups in total. The summed E-state index contributed by atoms with van der Waals surface area (Å²) in [6.45, 7) is 7.66. The minimum absolute atomic E-state index is 0.312. The number of benzene rings is 20. The maximum absolute atomic E-state index is 17.2. The van der Waals surface area contributed by atoms with Crippen molar-refractivity contribution in [3.05, 3.63) is 563 Å². The van der Waals surface area contributed by atoms with E-state index in [1.165, 1.54) is 48.5 Å². The summed E-state index contributed by atoms with van der Waals surface area (Å²) in [5, 5.41) is 1.61. The van der Waals surface area contributed by atoms with Crippen LogP contribution in [-0.4, -0.2) is 0 Å². The van der Waals surface area contributed by atoms with Crippen molar-refractivity contribution in [2.24, 2.45) is 0 Å². The van der Waals surface area contributed by atoms with E-state index >= 15 is 43.9 Å². The second kappa shape index (κ2) is 36.7. The lowest BCUT2D eigenvalue weighted by atomic mass is 9.67. The summed E-state index contributed by atoms with van der Waals surface area (Å²) in [6.07, 6.45) is 3.40. The van der Waals surface area contributed by atoms with Crippen molar-refractivity contribution >= 4 is 102 Å². The van der Waals surface area contributed by atoms with E-state index in [1.807, 2.05) is 214 Å². The fourth-order valence-electron chi connectivity index (χ4n) is 20.6. The fraction of sp³-hybridized carbons (Fsp3) is 0.0159. The van der Waals surface area contributed by atoms with Crippen molar-refractivity contribution < 1.29 is 66.6 Å².